The molecule has 1 saturated heterocycles. The number of nitrogens with one attached hydrogen (secondary N) is 1. The molecule has 1 aromatic heterocycles. The van der Waals surface area contributed by atoms with Gasteiger partial charge in [-0.05, 0) is 24.3 Å². The lowest BCUT2D eigenvalue weighted by Gasteiger charge is -2.34. The van der Waals surface area contributed by atoms with Crippen LogP contribution in [-0.2, 0) is 6.54 Å². The fourth-order valence-corrected chi connectivity index (χ4v) is 4.51. The normalized spacial score (nSPS) is 14.9. The van der Waals surface area contributed by atoms with E-state index < -0.39 is 4.92 Å². The van der Waals surface area contributed by atoms with Gasteiger partial charge in [-0.2, -0.15) is 0 Å². The predicted molar refractivity (Wildman–Crippen MR) is 113 cm³/mol. The van der Waals surface area contributed by atoms with Crippen LogP contribution >= 0.6 is 11.3 Å². The molecule has 0 radical (unpaired) electrons. The Labute approximate surface area is 171 Å². The van der Waals surface area contributed by atoms with E-state index in [4.69, 9.17) is 0 Å². The fraction of sp³-hybridized carbons (Fsp3) is 0.300. The summed E-state index contributed by atoms with van der Waals surface area (Å²) >= 11 is 1.70. The summed E-state index contributed by atoms with van der Waals surface area (Å²) in [6.07, 6.45) is 0. The second-order valence-corrected chi connectivity index (χ2v) is 8.00. The zero-order valence-electron chi connectivity index (χ0n) is 16.0. The minimum atomic E-state index is -0.474. The maximum Gasteiger partial charge on any atom is 0.293 e. The molecule has 0 atom stereocenters. The number of fused-ring (bicyclic) bond motifs is 1. The van der Waals surface area contributed by atoms with Crippen LogP contribution in [0.25, 0.3) is 10.2 Å². The maximum atomic E-state index is 12.8. The zero-order valence-corrected chi connectivity index (χ0v) is 16.8. The molecule has 9 heteroatoms. The maximum absolute atomic E-state index is 12.8. The third-order valence-electron chi connectivity index (χ3n) is 5.07. The summed E-state index contributed by atoms with van der Waals surface area (Å²) in [5.41, 5.74) is 1.67. The highest BCUT2D eigenvalue weighted by atomic mass is 32.1. The van der Waals surface area contributed by atoms with E-state index in [2.05, 4.69) is 21.3 Å². The van der Waals surface area contributed by atoms with Crippen molar-refractivity contribution in [2.24, 2.45) is 0 Å². The van der Waals surface area contributed by atoms with E-state index in [0.717, 1.165) is 30.2 Å². The van der Waals surface area contributed by atoms with Gasteiger partial charge in [0.1, 0.15) is 10.7 Å². The van der Waals surface area contributed by atoms with Gasteiger partial charge in [0.15, 0.2) is 0 Å². The Bertz CT molecular complexity index is 1030. The van der Waals surface area contributed by atoms with Gasteiger partial charge in [0.05, 0.1) is 21.7 Å². The van der Waals surface area contributed by atoms with Gasteiger partial charge in [-0.3, -0.25) is 19.8 Å². The minimum Gasteiger partial charge on any atom is -0.383 e. The van der Waals surface area contributed by atoms with Gasteiger partial charge in [-0.15, -0.1) is 11.3 Å². The number of hydrogen-bond acceptors (Lipinski definition) is 7. The van der Waals surface area contributed by atoms with Gasteiger partial charge < -0.3 is 10.2 Å². The lowest BCUT2D eigenvalue weighted by atomic mass is 10.1. The molecule has 0 spiro atoms. The number of thiazole rings is 1. The summed E-state index contributed by atoms with van der Waals surface area (Å²) < 4.78 is 1.18. The van der Waals surface area contributed by atoms with Crippen molar-refractivity contribution in [1.82, 2.24) is 14.8 Å². The van der Waals surface area contributed by atoms with Crippen molar-refractivity contribution in [3.8, 4) is 0 Å². The molecule has 2 heterocycles. The first-order valence-electron chi connectivity index (χ1n) is 9.37. The van der Waals surface area contributed by atoms with Crippen molar-refractivity contribution in [3.63, 3.8) is 0 Å². The average Bonchev–Trinajstić information content (AvgIpc) is 3.15. The van der Waals surface area contributed by atoms with Crippen LogP contribution in [-0.4, -0.2) is 58.8 Å². The van der Waals surface area contributed by atoms with E-state index >= 15 is 0 Å². The van der Waals surface area contributed by atoms with E-state index in [1.54, 1.807) is 35.4 Å². The number of nitro groups is 1. The van der Waals surface area contributed by atoms with Crippen molar-refractivity contribution in [2.45, 2.75) is 6.54 Å². The first-order valence-corrected chi connectivity index (χ1v) is 10.2. The number of anilines is 1. The number of nitro benzene ring substituents is 1. The van der Waals surface area contributed by atoms with Crippen LogP contribution in [0, 0.1) is 10.1 Å². The van der Waals surface area contributed by atoms with Gasteiger partial charge in [0, 0.05) is 44.9 Å². The largest absolute Gasteiger partial charge is 0.383 e. The lowest BCUT2D eigenvalue weighted by molar-refractivity contribution is -0.384. The Morgan fingerprint density at radius 1 is 1.21 bits per heavy atom. The second kappa shape index (κ2) is 8.14. The predicted octanol–water partition coefficient (Wildman–Crippen LogP) is 3.20. The van der Waals surface area contributed by atoms with Crippen LogP contribution in [0.3, 0.4) is 0 Å². The summed E-state index contributed by atoms with van der Waals surface area (Å²) in [6.45, 7) is 3.44. The van der Waals surface area contributed by atoms with Crippen molar-refractivity contribution in [3.05, 3.63) is 63.1 Å². The van der Waals surface area contributed by atoms with Crippen molar-refractivity contribution >= 4 is 38.8 Å². The van der Waals surface area contributed by atoms with Gasteiger partial charge in [0.25, 0.3) is 11.6 Å². The second-order valence-electron chi connectivity index (χ2n) is 6.88. The van der Waals surface area contributed by atoms with E-state index in [-0.39, 0.29) is 11.6 Å². The quantitative estimate of drug-likeness (QED) is 0.512. The Balaban J connectivity index is 1.39. The first-order chi connectivity index (χ1) is 14.0. The third kappa shape index (κ3) is 4.06. The molecule has 1 N–H and O–H groups in total. The molecule has 1 fully saturated rings. The van der Waals surface area contributed by atoms with E-state index in [9.17, 15) is 14.9 Å². The van der Waals surface area contributed by atoms with Gasteiger partial charge >= 0.3 is 0 Å². The van der Waals surface area contributed by atoms with Crippen LogP contribution in [0.4, 0.5) is 11.4 Å². The third-order valence-corrected chi connectivity index (χ3v) is 6.09. The molecule has 0 saturated carbocycles. The number of carbonyl (C=O) groups excluding carboxylic acids is 1. The Morgan fingerprint density at radius 2 is 1.97 bits per heavy atom. The molecule has 29 heavy (non-hydrogen) atoms. The topological polar surface area (TPSA) is 91.6 Å². The molecule has 1 amide bonds. The summed E-state index contributed by atoms with van der Waals surface area (Å²) in [6, 6.07) is 12.7. The van der Waals surface area contributed by atoms with Crippen molar-refractivity contribution in [2.75, 3.05) is 38.5 Å². The number of para-hydroxylation sites is 1. The van der Waals surface area contributed by atoms with Crippen LogP contribution in [0.5, 0.6) is 0 Å². The molecule has 8 nitrogen and oxygen atoms in total. The number of piperazine rings is 1. The molecule has 0 aliphatic carbocycles. The standard InChI is InChI=1S/C20H21N5O3S/c1-21-15-7-6-14(12-17(15)25(27)28)20(26)24-10-8-23(9-11-24)13-19-22-16-4-2-3-5-18(16)29-19/h2-7,12,21H,8-11,13H2,1H3. The Kier molecular flexibility index (Phi) is 5.41. The highest BCUT2D eigenvalue weighted by Gasteiger charge is 2.25. The molecule has 4 rings (SSSR count). The van der Waals surface area contributed by atoms with Crippen molar-refractivity contribution < 1.29 is 9.72 Å². The van der Waals surface area contributed by atoms with Gasteiger partial charge in [-0.1, -0.05) is 12.1 Å². The summed E-state index contributed by atoms with van der Waals surface area (Å²) in [7, 11) is 1.62. The van der Waals surface area contributed by atoms with Crippen LogP contribution in [0.15, 0.2) is 42.5 Å². The number of benzene rings is 2. The highest BCUT2D eigenvalue weighted by molar-refractivity contribution is 7.18. The van der Waals surface area contributed by atoms with Gasteiger partial charge in [-0.25, -0.2) is 4.98 Å². The number of amides is 1. The lowest BCUT2D eigenvalue weighted by Crippen LogP contribution is -2.48. The first kappa shape index (κ1) is 19.3. The van der Waals surface area contributed by atoms with E-state index in [1.807, 2.05) is 18.2 Å². The summed E-state index contributed by atoms with van der Waals surface area (Å²) in [5, 5.41) is 15.1. The molecule has 1 aliphatic rings. The molecule has 2 aromatic carbocycles. The molecule has 0 unspecified atom stereocenters. The van der Waals surface area contributed by atoms with E-state index in [1.165, 1.54) is 10.8 Å². The SMILES string of the molecule is CNc1ccc(C(=O)N2CCN(Cc3nc4ccccc4s3)CC2)cc1[N+](=O)[O-]. The Hall–Kier alpha value is -3.04. The molecule has 150 valence electrons. The van der Waals surface area contributed by atoms with Crippen molar-refractivity contribution in [1.29, 1.82) is 0 Å². The van der Waals surface area contributed by atoms with Crippen LogP contribution in [0.1, 0.15) is 15.4 Å². The minimum absolute atomic E-state index is 0.0900. The zero-order chi connectivity index (χ0) is 20.4. The summed E-state index contributed by atoms with van der Waals surface area (Å²) in [5.74, 6) is -0.171. The van der Waals surface area contributed by atoms with Crippen LogP contribution in [0.2, 0.25) is 0 Å². The molecular weight excluding hydrogens is 390 g/mol. The number of nitrogens with zero attached hydrogens (tertiary/aromatic N) is 4. The van der Waals surface area contributed by atoms with E-state index in [0.29, 0.717) is 24.3 Å². The monoisotopic (exact) mass is 411 g/mol. The number of hydrogen-bond donors (Lipinski definition) is 1. The number of rotatable bonds is 5. The Morgan fingerprint density at radius 3 is 2.66 bits per heavy atom. The molecule has 3 aromatic rings. The summed E-state index contributed by atoms with van der Waals surface area (Å²) in [4.78, 5) is 32.3. The molecule has 1 aliphatic heterocycles. The number of aromatic nitrogens is 1. The number of carbonyl (C=O) groups is 1. The molecular formula is C20H21N5O3S. The fourth-order valence-electron chi connectivity index (χ4n) is 3.50. The molecule has 0 bridgehead atoms. The average molecular weight is 411 g/mol. The highest BCUT2D eigenvalue weighted by Crippen LogP contribution is 2.26. The van der Waals surface area contributed by atoms with Gasteiger partial charge in [0.2, 0.25) is 0 Å². The van der Waals surface area contributed by atoms with Crippen LogP contribution < -0.4 is 5.32 Å². The smallest absolute Gasteiger partial charge is 0.293 e.